The van der Waals surface area contributed by atoms with Crippen LogP contribution in [0.2, 0.25) is 0 Å². The average Bonchev–Trinajstić information content (AvgIpc) is 2.09. The maximum atomic E-state index is 11.5. The van der Waals surface area contributed by atoms with Crippen LogP contribution >= 0.6 is 0 Å². The highest BCUT2D eigenvalue weighted by atomic mass is 16.2. The molecular weight excluding hydrogens is 218 g/mol. The molecule has 5 heteroatoms. The minimum Gasteiger partial charge on any atom is -0.354 e. The lowest BCUT2D eigenvalue weighted by atomic mass is 9.92. The zero-order chi connectivity index (χ0) is 12.9. The lowest BCUT2D eigenvalue weighted by molar-refractivity contribution is -0.127. The normalized spacial score (nSPS) is 16.2. The lowest BCUT2D eigenvalue weighted by Gasteiger charge is -2.27. The molecule has 1 aliphatic heterocycles. The van der Waals surface area contributed by atoms with Crippen LogP contribution in [-0.4, -0.2) is 38.0 Å². The van der Waals surface area contributed by atoms with Crippen LogP contribution in [0.5, 0.6) is 0 Å². The first-order chi connectivity index (χ1) is 7.87. The van der Waals surface area contributed by atoms with E-state index in [1.165, 1.54) is 0 Å². The van der Waals surface area contributed by atoms with Gasteiger partial charge >= 0.3 is 0 Å². The van der Waals surface area contributed by atoms with E-state index < -0.39 is 0 Å². The van der Waals surface area contributed by atoms with Crippen LogP contribution in [0.3, 0.4) is 0 Å². The Balaban J connectivity index is 2.08. The van der Waals surface area contributed by atoms with Gasteiger partial charge in [-0.3, -0.25) is 9.59 Å². The molecule has 3 N–H and O–H groups in total. The highest BCUT2D eigenvalue weighted by molar-refractivity contribution is 5.84. The summed E-state index contributed by atoms with van der Waals surface area (Å²) in [4.78, 5) is 22.9. The number of hydrogen-bond acceptors (Lipinski definition) is 3. The third-order valence-corrected chi connectivity index (χ3v) is 2.59. The zero-order valence-corrected chi connectivity index (χ0v) is 10.9. The van der Waals surface area contributed by atoms with Gasteiger partial charge in [-0.2, -0.15) is 0 Å². The van der Waals surface area contributed by atoms with Crippen molar-refractivity contribution in [3.8, 4) is 0 Å². The summed E-state index contributed by atoms with van der Waals surface area (Å²) in [5.41, 5.74) is -0.0435. The van der Waals surface area contributed by atoms with Crippen LogP contribution in [0.25, 0.3) is 0 Å². The van der Waals surface area contributed by atoms with Crippen LogP contribution in [-0.2, 0) is 9.59 Å². The van der Waals surface area contributed by atoms with Crippen molar-refractivity contribution in [2.75, 3.05) is 26.2 Å². The van der Waals surface area contributed by atoms with Gasteiger partial charge in [0, 0.05) is 32.0 Å². The first kappa shape index (κ1) is 14.0. The average molecular weight is 241 g/mol. The fourth-order valence-corrected chi connectivity index (χ4v) is 1.54. The molecule has 1 aliphatic rings. The molecule has 2 amide bonds. The fourth-order valence-electron chi connectivity index (χ4n) is 1.54. The van der Waals surface area contributed by atoms with E-state index in [-0.39, 0.29) is 23.8 Å². The van der Waals surface area contributed by atoms with Crippen molar-refractivity contribution >= 4 is 11.8 Å². The van der Waals surface area contributed by atoms with Gasteiger partial charge in [0.05, 0.1) is 6.54 Å². The summed E-state index contributed by atoms with van der Waals surface area (Å²) in [7, 11) is 0. The Bertz CT molecular complexity index is 280. The molecule has 98 valence electrons. The standard InChI is InChI=1S/C12H23N3O2/c1-12(2,3)4-10(16)15-8-11(17)14-7-9-5-13-6-9/h9,13H,4-8H2,1-3H3,(H,14,17)(H,15,16). The van der Waals surface area contributed by atoms with E-state index in [4.69, 9.17) is 0 Å². The first-order valence-electron chi connectivity index (χ1n) is 6.11. The second-order valence-electron chi connectivity index (χ2n) is 5.84. The smallest absolute Gasteiger partial charge is 0.239 e. The largest absolute Gasteiger partial charge is 0.354 e. The topological polar surface area (TPSA) is 70.2 Å². The quantitative estimate of drug-likeness (QED) is 0.628. The van der Waals surface area contributed by atoms with Crippen LogP contribution in [0, 0.1) is 11.3 Å². The van der Waals surface area contributed by atoms with Gasteiger partial charge in [0.2, 0.25) is 11.8 Å². The van der Waals surface area contributed by atoms with Crippen molar-refractivity contribution in [3.05, 3.63) is 0 Å². The van der Waals surface area contributed by atoms with Crippen LogP contribution in [0.15, 0.2) is 0 Å². The van der Waals surface area contributed by atoms with Crippen LogP contribution < -0.4 is 16.0 Å². The lowest BCUT2D eigenvalue weighted by Crippen LogP contribution is -2.49. The third-order valence-electron chi connectivity index (χ3n) is 2.59. The van der Waals surface area contributed by atoms with Gasteiger partial charge < -0.3 is 16.0 Å². The van der Waals surface area contributed by atoms with E-state index in [9.17, 15) is 9.59 Å². The number of nitrogens with one attached hydrogen (secondary N) is 3. The monoisotopic (exact) mass is 241 g/mol. The molecular formula is C12H23N3O2. The Labute approximate surface area is 103 Å². The molecule has 1 heterocycles. The summed E-state index contributed by atoms with van der Waals surface area (Å²) >= 11 is 0. The van der Waals surface area contributed by atoms with Gasteiger partial charge in [-0.15, -0.1) is 0 Å². The molecule has 0 bridgehead atoms. The molecule has 1 rings (SSSR count). The maximum absolute atomic E-state index is 11.5. The summed E-state index contributed by atoms with van der Waals surface area (Å²) < 4.78 is 0. The number of hydrogen-bond donors (Lipinski definition) is 3. The number of rotatable bonds is 5. The summed E-state index contributed by atoms with van der Waals surface area (Å²) in [6.07, 6.45) is 0.437. The maximum Gasteiger partial charge on any atom is 0.239 e. The number of carbonyl (C=O) groups excluding carboxylic acids is 2. The molecule has 0 aromatic rings. The molecule has 17 heavy (non-hydrogen) atoms. The molecule has 0 spiro atoms. The van der Waals surface area contributed by atoms with E-state index in [1.807, 2.05) is 20.8 Å². The van der Waals surface area contributed by atoms with Crippen molar-refractivity contribution in [3.63, 3.8) is 0 Å². The van der Waals surface area contributed by atoms with E-state index in [1.54, 1.807) is 0 Å². The Morgan fingerprint density at radius 1 is 1.18 bits per heavy atom. The Kier molecular flexibility index (Phi) is 4.93. The SMILES string of the molecule is CC(C)(C)CC(=O)NCC(=O)NCC1CNC1. The highest BCUT2D eigenvalue weighted by Crippen LogP contribution is 2.17. The van der Waals surface area contributed by atoms with Crippen molar-refractivity contribution in [1.82, 2.24) is 16.0 Å². The van der Waals surface area contributed by atoms with Crippen molar-refractivity contribution in [1.29, 1.82) is 0 Å². The fraction of sp³-hybridized carbons (Fsp3) is 0.833. The van der Waals surface area contributed by atoms with Crippen molar-refractivity contribution < 1.29 is 9.59 Å². The molecule has 0 aliphatic carbocycles. The van der Waals surface area contributed by atoms with E-state index in [0.717, 1.165) is 13.1 Å². The van der Waals surface area contributed by atoms with E-state index >= 15 is 0 Å². The second kappa shape index (κ2) is 6.00. The Morgan fingerprint density at radius 3 is 2.29 bits per heavy atom. The molecule has 5 nitrogen and oxygen atoms in total. The Morgan fingerprint density at radius 2 is 1.82 bits per heavy atom. The molecule has 0 saturated carbocycles. The minimum absolute atomic E-state index is 0.0435. The van der Waals surface area contributed by atoms with E-state index in [0.29, 0.717) is 18.9 Å². The first-order valence-corrected chi connectivity index (χ1v) is 6.11. The van der Waals surface area contributed by atoms with Gasteiger partial charge in [0.1, 0.15) is 0 Å². The summed E-state index contributed by atoms with van der Waals surface area (Å²) in [6, 6.07) is 0. The second-order valence-corrected chi connectivity index (χ2v) is 5.84. The van der Waals surface area contributed by atoms with Crippen molar-refractivity contribution in [2.45, 2.75) is 27.2 Å². The summed E-state index contributed by atoms with van der Waals surface area (Å²) in [5.74, 6) is 0.362. The minimum atomic E-state index is -0.112. The van der Waals surface area contributed by atoms with Crippen LogP contribution in [0.1, 0.15) is 27.2 Å². The van der Waals surface area contributed by atoms with Gasteiger partial charge in [0.15, 0.2) is 0 Å². The summed E-state index contributed by atoms with van der Waals surface area (Å²) in [5, 5.41) is 8.58. The molecule has 0 aromatic carbocycles. The van der Waals surface area contributed by atoms with Gasteiger partial charge in [-0.25, -0.2) is 0 Å². The third kappa shape index (κ3) is 6.26. The summed E-state index contributed by atoms with van der Waals surface area (Å²) in [6.45, 7) is 8.70. The molecule has 0 aromatic heterocycles. The zero-order valence-electron chi connectivity index (χ0n) is 10.9. The molecule has 0 atom stereocenters. The van der Waals surface area contributed by atoms with Gasteiger partial charge in [-0.05, 0) is 5.41 Å². The van der Waals surface area contributed by atoms with Crippen molar-refractivity contribution in [2.24, 2.45) is 11.3 Å². The number of amides is 2. The molecule has 0 radical (unpaired) electrons. The highest BCUT2D eigenvalue weighted by Gasteiger charge is 2.18. The molecule has 1 fully saturated rings. The predicted octanol–water partition coefficient (Wildman–Crippen LogP) is -0.126. The predicted molar refractivity (Wildman–Crippen MR) is 66.5 cm³/mol. The van der Waals surface area contributed by atoms with Gasteiger partial charge in [-0.1, -0.05) is 20.8 Å². The van der Waals surface area contributed by atoms with Crippen LogP contribution in [0.4, 0.5) is 0 Å². The number of carbonyl (C=O) groups is 2. The molecule has 0 unspecified atom stereocenters. The Hall–Kier alpha value is -1.10. The van der Waals surface area contributed by atoms with Gasteiger partial charge in [0.25, 0.3) is 0 Å². The van der Waals surface area contributed by atoms with E-state index in [2.05, 4.69) is 16.0 Å². The molecule has 1 saturated heterocycles.